The van der Waals surface area contributed by atoms with Crippen LogP contribution in [0.25, 0.3) is 0 Å². The zero-order chi connectivity index (χ0) is 12.1. The van der Waals surface area contributed by atoms with E-state index in [4.69, 9.17) is 4.42 Å². The third-order valence-electron chi connectivity index (χ3n) is 2.15. The summed E-state index contributed by atoms with van der Waals surface area (Å²) in [6, 6.07) is 10.5. The molecule has 1 heterocycles. The summed E-state index contributed by atoms with van der Waals surface area (Å²) in [5, 5.41) is 14.1. The minimum atomic E-state index is 0.396. The van der Waals surface area contributed by atoms with Gasteiger partial charge in [-0.2, -0.15) is 0 Å². The number of nitrogens with zero attached hydrogens (tertiary/aromatic N) is 2. The van der Waals surface area contributed by atoms with Crippen molar-refractivity contribution >= 4 is 11.7 Å². The smallest absolute Gasteiger partial charge is 0.320 e. The fourth-order valence-electron chi connectivity index (χ4n) is 1.31. The van der Waals surface area contributed by atoms with Gasteiger partial charge in [-0.1, -0.05) is 37.1 Å². The van der Waals surface area contributed by atoms with Crippen LogP contribution in [-0.4, -0.2) is 16.2 Å². The molecule has 0 bridgehead atoms. The molecule has 0 spiro atoms. The number of nitrogens with one attached hydrogen (secondary N) is 2. The lowest BCUT2D eigenvalue weighted by Gasteiger charge is -2.03. The monoisotopic (exact) mass is 232 g/mol. The summed E-state index contributed by atoms with van der Waals surface area (Å²) in [6.45, 7) is 4.72. The van der Waals surface area contributed by atoms with Crippen molar-refractivity contribution in [1.82, 2.24) is 15.5 Å². The first kappa shape index (κ1) is 11.6. The zero-order valence-electron chi connectivity index (χ0n) is 9.97. The van der Waals surface area contributed by atoms with E-state index in [1.807, 2.05) is 30.3 Å². The number of hydrogen-bond acceptors (Lipinski definition) is 5. The van der Waals surface area contributed by atoms with Crippen molar-refractivity contribution in [1.29, 1.82) is 0 Å². The van der Waals surface area contributed by atoms with Crippen molar-refractivity contribution in [3.05, 3.63) is 36.2 Å². The fourth-order valence-corrected chi connectivity index (χ4v) is 1.31. The largest absolute Gasteiger partial charge is 0.406 e. The van der Waals surface area contributed by atoms with Crippen molar-refractivity contribution < 1.29 is 4.42 Å². The lowest BCUT2D eigenvalue weighted by Crippen LogP contribution is -2.21. The maximum atomic E-state index is 5.44. The summed E-state index contributed by atoms with van der Waals surface area (Å²) >= 11 is 0. The van der Waals surface area contributed by atoms with Gasteiger partial charge in [-0.3, -0.25) is 0 Å². The molecule has 2 N–H and O–H groups in total. The Balaban J connectivity index is 1.94. The molecule has 5 heteroatoms. The molecule has 0 unspecified atom stereocenters. The molecule has 1 aromatic carbocycles. The quantitative estimate of drug-likeness (QED) is 0.828. The average molecular weight is 232 g/mol. The van der Waals surface area contributed by atoms with Crippen LogP contribution in [0, 0.1) is 0 Å². The van der Waals surface area contributed by atoms with Crippen molar-refractivity contribution in [3.8, 4) is 0 Å². The van der Waals surface area contributed by atoms with Gasteiger partial charge >= 0.3 is 6.01 Å². The van der Waals surface area contributed by atoms with E-state index >= 15 is 0 Å². The first-order valence-corrected chi connectivity index (χ1v) is 5.62. The van der Waals surface area contributed by atoms with Gasteiger partial charge in [0.05, 0.1) is 6.54 Å². The van der Waals surface area contributed by atoms with Crippen LogP contribution in [0.1, 0.15) is 19.7 Å². The summed E-state index contributed by atoms with van der Waals surface area (Å²) < 4.78 is 5.44. The van der Waals surface area contributed by atoms with Crippen molar-refractivity contribution in [2.75, 3.05) is 5.32 Å². The summed E-state index contributed by atoms with van der Waals surface area (Å²) in [4.78, 5) is 0. The Labute approximate surface area is 100 Å². The second kappa shape index (κ2) is 5.45. The molecule has 0 aliphatic rings. The van der Waals surface area contributed by atoms with Crippen LogP contribution in [0.2, 0.25) is 0 Å². The SMILES string of the molecule is CC(C)NCc1nnc(Nc2ccccc2)o1. The van der Waals surface area contributed by atoms with E-state index in [2.05, 4.69) is 34.7 Å². The van der Waals surface area contributed by atoms with Gasteiger partial charge in [0.15, 0.2) is 0 Å². The van der Waals surface area contributed by atoms with Crippen LogP contribution in [0.15, 0.2) is 34.7 Å². The third kappa shape index (κ3) is 3.57. The van der Waals surface area contributed by atoms with Gasteiger partial charge in [0.2, 0.25) is 5.89 Å². The van der Waals surface area contributed by atoms with Crippen LogP contribution < -0.4 is 10.6 Å². The molecule has 0 radical (unpaired) electrons. The zero-order valence-corrected chi connectivity index (χ0v) is 9.97. The van der Waals surface area contributed by atoms with E-state index in [1.54, 1.807) is 0 Å². The van der Waals surface area contributed by atoms with Gasteiger partial charge in [0.25, 0.3) is 0 Å². The van der Waals surface area contributed by atoms with Gasteiger partial charge in [-0.05, 0) is 12.1 Å². The van der Waals surface area contributed by atoms with Crippen LogP contribution in [0.4, 0.5) is 11.7 Å². The van der Waals surface area contributed by atoms with Crippen molar-refractivity contribution in [2.45, 2.75) is 26.4 Å². The molecule has 0 amide bonds. The molecule has 0 aliphatic heterocycles. The normalized spacial score (nSPS) is 10.8. The van der Waals surface area contributed by atoms with E-state index < -0.39 is 0 Å². The highest BCUT2D eigenvalue weighted by Crippen LogP contribution is 2.14. The summed E-state index contributed by atoms with van der Waals surface area (Å²) in [5.41, 5.74) is 0.930. The Morgan fingerprint density at radius 1 is 1.18 bits per heavy atom. The maximum absolute atomic E-state index is 5.44. The number of anilines is 2. The molecular weight excluding hydrogens is 216 g/mol. The van der Waals surface area contributed by atoms with Crippen LogP contribution in [-0.2, 0) is 6.54 Å². The topological polar surface area (TPSA) is 63.0 Å². The lowest BCUT2D eigenvalue weighted by molar-refractivity contribution is 0.460. The second-order valence-electron chi connectivity index (χ2n) is 4.03. The van der Waals surface area contributed by atoms with E-state index in [-0.39, 0.29) is 0 Å². The fraction of sp³-hybridized carbons (Fsp3) is 0.333. The van der Waals surface area contributed by atoms with Gasteiger partial charge in [-0.25, -0.2) is 0 Å². The average Bonchev–Trinajstić information content (AvgIpc) is 2.75. The molecular formula is C12H16N4O. The number of aromatic nitrogens is 2. The molecule has 17 heavy (non-hydrogen) atoms. The van der Waals surface area contributed by atoms with Gasteiger partial charge in [0, 0.05) is 11.7 Å². The summed E-state index contributed by atoms with van der Waals surface area (Å²) in [5.74, 6) is 0.581. The van der Waals surface area contributed by atoms with Crippen molar-refractivity contribution in [3.63, 3.8) is 0 Å². The summed E-state index contributed by atoms with van der Waals surface area (Å²) in [7, 11) is 0. The number of rotatable bonds is 5. The molecule has 0 saturated heterocycles. The minimum absolute atomic E-state index is 0.396. The van der Waals surface area contributed by atoms with Gasteiger partial charge < -0.3 is 15.1 Å². The van der Waals surface area contributed by atoms with E-state index in [0.29, 0.717) is 24.5 Å². The maximum Gasteiger partial charge on any atom is 0.320 e. The first-order chi connectivity index (χ1) is 8.24. The summed E-state index contributed by atoms with van der Waals surface area (Å²) in [6.07, 6.45) is 0. The molecule has 5 nitrogen and oxygen atoms in total. The highest BCUT2D eigenvalue weighted by molar-refractivity contribution is 5.50. The standard InChI is InChI=1S/C12H16N4O/c1-9(2)13-8-11-15-16-12(17-11)14-10-6-4-3-5-7-10/h3-7,9,13H,8H2,1-2H3,(H,14,16). The van der Waals surface area contributed by atoms with Gasteiger partial charge in [-0.15, -0.1) is 5.10 Å². The highest BCUT2D eigenvalue weighted by atomic mass is 16.4. The molecule has 90 valence electrons. The highest BCUT2D eigenvalue weighted by Gasteiger charge is 2.06. The molecule has 0 saturated carbocycles. The number of benzene rings is 1. The Bertz CT molecular complexity index is 453. The minimum Gasteiger partial charge on any atom is -0.406 e. The van der Waals surface area contributed by atoms with Gasteiger partial charge in [0.1, 0.15) is 0 Å². The molecule has 0 atom stereocenters. The lowest BCUT2D eigenvalue weighted by atomic mass is 10.3. The number of para-hydroxylation sites is 1. The van der Waals surface area contributed by atoms with E-state index in [0.717, 1.165) is 5.69 Å². The van der Waals surface area contributed by atoms with Crippen molar-refractivity contribution in [2.24, 2.45) is 0 Å². The Kier molecular flexibility index (Phi) is 3.72. The Morgan fingerprint density at radius 3 is 2.65 bits per heavy atom. The molecule has 0 fully saturated rings. The van der Waals surface area contributed by atoms with E-state index in [1.165, 1.54) is 0 Å². The van der Waals surface area contributed by atoms with Crippen LogP contribution in [0.3, 0.4) is 0 Å². The third-order valence-corrected chi connectivity index (χ3v) is 2.15. The van der Waals surface area contributed by atoms with Crippen LogP contribution in [0.5, 0.6) is 0 Å². The predicted molar refractivity (Wildman–Crippen MR) is 66.0 cm³/mol. The Hall–Kier alpha value is -1.88. The van der Waals surface area contributed by atoms with Crippen LogP contribution >= 0.6 is 0 Å². The molecule has 2 aromatic rings. The predicted octanol–water partition coefficient (Wildman–Crippen LogP) is 2.31. The molecule has 1 aromatic heterocycles. The molecule has 2 rings (SSSR count). The molecule has 0 aliphatic carbocycles. The number of hydrogen-bond donors (Lipinski definition) is 2. The Morgan fingerprint density at radius 2 is 1.94 bits per heavy atom. The van der Waals surface area contributed by atoms with E-state index in [9.17, 15) is 0 Å². The second-order valence-corrected chi connectivity index (χ2v) is 4.03. The first-order valence-electron chi connectivity index (χ1n) is 5.62.